The first-order valence-electron chi connectivity index (χ1n) is 11.4. The molecule has 0 bridgehead atoms. The van der Waals surface area contributed by atoms with Crippen LogP contribution in [0.1, 0.15) is 89.3 Å². The number of rotatable bonds is 6. The summed E-state index contributed by atoms with van der Waals surface area (Å²) in [6, 6.07) is 7.79. The van der Waals surface area contributed by atoms with Crippen LogP contribution in [0.2, 0.25) is 16.6 Å². The van der Waals surface area contributed by atoms with Crippen LogP contribution in [0.15, 0.2) is 36.5 Å². The van der Waals surface area contributed by atoms with Crippen molar-refractivity contribution in [2.45, 2.75) is 89.1 Å². The van der Waals surface area contributed by atoms with Gasteiger partial charge in [0.05, 0.1) is 17.9 Å². The van der Waals surface area contributed by atoms with E-state index in [-0.39, 0.29) is 11.7 Å². The van der Waals surface area contributed by atoms with Crippen molar-refractivity contribution in [1.29, 1.82) is 0 Å². The van der Waals surface area contributed by atoms with Gasteiger partial charge in [-0.3, -0.25) is 4.98 Å². The predicted molar refractivity (Wildman–Crippen MR) is 122 cm³/mol. The SMILES string of the molecule is CC(C)[Si](O[C@H]1CC[C@H](c2cccc(F)c2F)[C@@H](O)c2cccnc21)(C(C)C)C(C)C. The quantitative estimate of drug-likeness (QED) is 0.376. The van der Waals surface area contributed by atoms with Crippen LogP contribution in [0.5, 0.6) is 0 Å². The molecule has 1 aromatic carbocycles. The molecule has 1 N–H and O–H groups in total. The third-order valence-corrected chi connectivity index (χ3v) is 13.2. The second-order valence-corrected chi connectivity index (χ2v) is 15.1. The summed E-state index contributed by atoms with van der Waals surface area (Å²) in [4.78, 5) is 4.61. The van der Waals surface area contributed by atoms with Crippen LogP contribution in [0.3, 0.4) is 0 Å². The molecule has 6 heteroatoms. The van der Waals surface area contributed by atoms with Crippen LogP contribution in [0.4, 0.5) is 8.78 Å². The maximum atomic E-state index is 14.6. The van der Waals surface area contributed by atoms with Gasteiger partial charge in [-0.15, -0.1) is 0 Å². The van der Waals surface area contributed by atoms with Crippen molar-refractivity contribution in [3.05, 3.63) is 65.0 Å². The number of aliphatic hydroxyl groups excluding tert-OH is 1. The molecule has 0 amide bonds. The molecule has 1 aliphatic carbocycles. The zero-order valence-electron chi connectivity index (χ0n) is 19.4. The van der Waals surface area contributed by atoms with Gasteiger partial charge in [0, 0.05) is 17.7 Å². The first-order valence-corrected chi connectivity index (χ1v) is 13.5. The summed E-state index contributed by atoms with van der Waals surface area (Å²) >= 11 is 0. The number of nitrogens with zero attached hydrogens (tertiary/aromatic N) is 1. The molecule has 3 nitrogen and oxygen atoms in total. The lowest BCUT2D eigenvalue weighted by Gasteiger charge is -2.44. The fourth-order valence-corrected chi connectivity index (χ4v) is 11.2. The highest BCUT2D eigenvalue weighted by Gasteiger charge is 2.48. The van der Waals surface area contributed by atoms with Crippen molar-refractivity contribution in [2.75, 3.05) is 0 Å². The summed E-state index contributed by atoms with van der Waals surface area (Å²) < 4.78 is 35.6. The summed E-state index contributed by atoms with van der Waals surface area (Å²) in [6.45, 7) is 13.4. The van der Waals surface area contributed by atoms with E-state index in [4.69, 9.17) is 4.43 Å². The summed E-state index contributed by atoms with van der Waals surface area (Å²) in [7, 11) is -2.20. The van der Waals surface area contributed by atoms with Crippen molar-refractivity contribution in [3.8, 4) is 0 Å². The molecule has 3 atom stereocenters. The van der Waals surface area contributed by atoms with Gasteiger partial charge < -0.3 is 9.53 Å². The molecule has 0 saturated heterocycles. The average Bonchev–Trinajstić information content (AvgIpc) is 2.84. The Kier molecular flexibility index (Phi) is 7.34. The maximum absolute atomic E-state index is 14.6. The minimum Gasteiger partial charge on any atom is -0.408 e. The van der Waals surface area contributed by atoms with Crippen molar-refractivity contribution in [1.82, 2.24) is 4.98 Å². The maximum Gasteiger partial charge on any atom is 0.201 e. The molecule has 1 aliphatic rings. The van der Waals surface area contributed by atoms with Gasteiger partial charge in [0.15, 0.2) is 11.6 Å². The Morgan fingerprint density at radius 1 is 0.935 bits per heavy atom. The predicted octanol–water partition coefficient (Wildman–Crippen LogP) is 7.20. The molecule has 1 aromatic heterocycles. The fourth-order valence-electron chi connectivity index (χ4n) is 5.69. The Morgan fingerprint density at radius 2 is 1.55 bits per heavy atom. The molecule has 0 fully saturated rings. The average molecular weight is 448 g/mol. The number of pyridine rings is 1. The normalized spacial score (nSPS) is 22.1. The molecule has 1 heterocycles. The van der Waals surface area contributed by atoms with Gasteiger partial charge in [-0.05, 0) is 47.2 Å². The van der Waals surface area contributed by atoms with Crippen LogP contribution in [-0.2, 0) is 4.43 Å². The van der Waals surface area contributed by atoms with Gasteiger partial charge in [0.2, 0.25) is 8.32 Å². The lowest BCUT2D eigenvalue weighted by molar-refractivity contribution is 0.135. The highest BCUT2D eigenvalue weighted by molar-refractivity contribution is 6.77. The number of hydrogen-bond acceptors (Lipinski definition) is 3. The number of aromatic nitrogens is 1. The molecule has 0 radical (unpaired) electrons. The van der Waals surface area contributed by atoms with Gasteiger partial charge in [-0.2, -0.15) is 0 Å². The largest absolute Gasteiger partial charge is 0.408 e. The first kappa shape index (κ1) is 24.0. The molecule has 0 unspecified atom stereocenters. The summed E-state index contributed by atoms with van der Waals surface area (Å²) in [5.41, 5.74) is 2.81. The lowest BCUT2D eigenvalue weighted by Crippen LogP contribution is -2.48. The van der Waals surface area contributed by atoms with E-state index < -0.39 is 32.0 Å². The second kappa shape index (κ2) is 9.47. The molecule has 170 valence electrons. The number of halogens is 2. The molecule has 2 aromatic rings. The molecule has 31 heavy (non-hydrogen) atoms. The standard InChI is InChI=1S/C25H35F2NO2Si/c1-15(2)31(16(3)4,17(5)6)30-22-13-12-19(18-9-7-11-21(26)23(18)27)25(29)20-10-8-14-28-24(20)22/h7-11,14-17,19,22,25,29H,12-13H2,1-6H3/t19-,22+,25-/m1/s1. The van der Waals surface area contributed by atoms with Crippen LogP contribution >= 0.6 is 0 Å². The Balaban J connectivity index is 2.06. The molecule has 0 aliphatic heterocycles. The van der Waals surface area contributed by atoms with E-state index in [0.29, 0.717) is 35.0 Å². The third-order valence-electron chi connectivity index (χ3n) is 7.05. The van der Waals surface area contributed by atoms with Crippen LogP contribution in [0, 0.1) is 11.6 Å². The summed E-state index contributed by atoms with van der Waals surface area (Å²) in [5.74, 6) is -2.33. The van der Waals surface area contributed by atoms with E-state index in [0.717, 1.165) is 11.8 Å². The van der Waals surface area contributed by atoms with Gasteiger partial charge in [-0.25, -0.2) is 8.78 Å². The van der Waals surface area contributed by atoms with Gasteiger partial charge >= 0.3 is 0 Å². The second-order valence-electron chi connectivity index (χ2n) is 9.67. The van der Waals surface area contributed by atoms with Gasteiger partial charge in [-0.1, -0.05) is 59.7 Å². The van der Waals surface area contributed by atoms with E-state index >= 15 is 0 Å². The first-order chi connectivity index (χ1) is 14.6. The Morgan fingerprint density at radius 3 is 2.16 bits per heavy atom. The van der Waals surface area contributed by atoms with Crippen molar-refractivity contribution in [3.63, 3.8) is 0 Å². The minimum absolute atomic E-state index is 0.211. The summed E-state index contributed by atoms with van der Waals surface area (Å²) in [5, 5.41) is 11.2. The van der Waals surface area contributed by atoms with E-state index in [1.807, 2.05) is 6.07 Å². The van der Waals surface area contributed by atoms with Gasteiger partial charge in [0.25, 0.3) is 0 Å². The van der Waals surface area contributed by atoms with E-state index in [9.17, 15) is 13.9 Å². The Hall–Kier alpha value is -1.63. The Labute approximate surface area is 186 Å². The number of aliphatic hydroxyl groups is 1. The molecular formula is C25H35F2NO2Si. The minimum atomic E-state index is -2.20. The molecule has 3 rings (SSSR count). The highest BCUT2D eigenvalue weighted by Crippen LogP contribution is 2.49. The van der Waals surface area contributed by atoms with E-state index in [1.165, 1.54) is 6.07 Å². The molecular weight excluding hydrogens is 412 g/mol. The number of benzene rings is 1. The van der Waals surface area contributed by atoms with Crippen LogP contribution in [0.25, 0.3) is 0 Å². The fraction of sp³-hybridized carbons (Fsp3) is 0.560. The van der Waals surface area contributed by atoms with E-state index in [1.54, 1.807) is 18.3 Å². The molecule has 0 saturated carbocycles. The number of hydrogen-bond donors (Lipinski definition) is 1. The van der Waals surface area contributed by atoms with Crippen LogP contribution < -0.4 is 0 Å². The van der Waals surface area contributed by atoms with Crippen LogP contribution in [-0.4, -0.2) is 18.4 Å². The number of fused-ring (bicyclic) bond motifs is 1. The van der Waals surface area contributed by atoms with Crippen molar-refractivity contribution < 1.29 is 18.3 Å². The smallest absolute Gasteiger partial charge is 0.201 e. The zero-order valence-corrected chi connectivity index (χ0v) is 20.4. The third kappa shape index (κ3) is 4.35. The molecule has 0 spiro atoms. The topological polar surface area (TPSA) is 42.4 Å². The van der Waals surface area contributed by atoms with E-state index in [2.05, 4.69) is 46.5 Å². The van der Waals surface area contributed by atoms with Crippen molar-refractivity contribution >= 4 is 8.32 Å². The van der Waals surface area contributed by atoms with Crippen molar-refractivity contribution in [2.24, 2.45) is 0 Å². The zero-order chi connectivity index (χ0) is 22.9. The van der Waals surface area contributed by atoms with Gasteiger partial charge in [0.1, 0.15) is 0 Å². The lowest BCUT2D eigenvalue weighted by atomic mass is 9.87. The summed E-state index contributed by atoms with van der Waals surface area (Å²) in [6.07, 6.45) is 1.56. The highest BCUT2D eigenvalue weighted by atomic mass is 28.4. The monoisotopic (exact) mass is 447 g/mol. The Bertz CT molecular complexity index is 881.